The lowest BCUT2D eigenvalue weighted by molar-refractivity contribution is 0.0483. The molecule has 2 saturated heterocycles. The van der Waals surface area contributed by atoms with Crippen LogP contribution in [0.2, 0.25) is 0 Å². The fraction of sp³-hybridized carbons (Fsp3) is 0.550. The lowest BCUT2D eigenvalue weighted by Crippen LogP contribution is -2.38. The molecule has 2 aliphatic rings. The first-order valence-electron chi connectivity index (χ1n) is 9.44. The molecule has 0 saturated carbocycles. The molecule has 0 bridgehead atoms. The number of aryl methyl sites for hydroxylation is 1. The van der Waals surface area contributed by atoms with Gasteiger partial charge in [0.2, 0.25) is 0 Å². The molecule has 2 aliphatic heterocycles. The molecule has 0 unspecified atom stereocenters. The number of pyridine rings is 1. The molecule has 0 radical (unpaired) electrons. The summed E-state index contributed by atoms with van der Waals surface area (Å²) in [7, 11) is 2.15. The summed E-state index contributed by atoms with van der Waals surface area (Å²) >= 11 is 0. The molecule has 2 aromatic heterocycles. The fourth-order valence-electron chi connectivity index (χ4n) is 4.52. The Morgan fingerprint density at radius 3 is 3.04 bits per heavy atom. The summed E-state index contributed by atoms with van der Waals surface area (Å²) in [4.78, 5) is 21.4. The van der Waals surface area contributed by atoms with Crippen LogP contribution in [-0.2, 0) is 11.3 Å². The number of hydrogen-bond acceptors (Lipinski definition) is 6. The second kappa shape index (κ2) is 7.40. The summed E-state index contributed by atoms with van der Waals surface area (Å²) in [5, 5.41) is 3.84. The molecule has 1 amide bonds. The zero-order valence-corrected chi connectivity index (χ0v) is 15.9. The van der Waals surface area contributed by atoms with Crippen LogP contribution in [0.4, 0.5) is 0 Å². The van der Waals surface area contributed by atoms with Gasteiger partial charge in [0, 0.05) is 43.7 Å². The number of aromatic nitrogens is 2. The Hall–Kier alpha value is -2.25. The number of hydrogen-bond donors (Lipinski definition) is 0. The quantitative estimate of drug-likeness (QED) is 0.802. The van der Waals surface area contributed by atoms with Gasteiger partial charge in [-0.25, -0.2) is 0 Å². The van der Waals surface area contributed by atoms with Crippen LogP contribution in [0.3, 0.4) is 0 Å². The van der Waals surface area contributed by atoms with E-state index in [1.807, 2.05) is 23.1 Å². The first-order valence-corrected chi connectivity index (χ1v) is 9.44. The van der Waals surface area contributed by atoms with Crippen LogP contribution < -0.4 is 0 Å². The minimum Gasteiger partial charge on any atom is -0.375 e. The van der Waals surface area contributed by atoms with E-state index < -0.39 is 0 Å². The van der Waals surface area contributed by atoms with Crippen LogP contribution in [0.15, 0.2) is 35.2 Å². The number of nitrogens with zero attached hydrogens (tertiary/aromatic N) is 4. The highest BCUT2D eigenvalue weighted by molar-refractivity contribution is 5.95. The summed E-state index contributed by atoms with van der Waals surface area (Å²) < 4.78 is 11.0. The van der Waals surface area contributed by atoms with Gasteiger partial charge in [-0.05, 0) is 32.5 Å². The average Bonchev–Trinajstić information content (AvgIpc) is 3.36. The van der Waals surface area contributed by atoms with Gasteiger partial charge in [0.15, 0.2) is 0 Å². The number of carbonyl (C=O) groups is 1. The maximum Gasteiger partial charge on any atom is 0.259 e. The van der Waals surface area contributed by atoms with Gasteiger partial charge in [0.25, 0.3) is 5.91 Å². The van der Waals surface area contributed by atoms with Crippen molar-refractivity contribution in [1.29, 1.82) is 0 Å². The van der Waals surface area contributed by atoms with Crippen molar-refractivity contribution in [2.24, 2.45) is 11.3 Å². The molecular weight excluding hydrogens is 344 g/mol. The number of ether oxygens (including phenoxy) is 1. The van der Waals surface area contributed by atoms with Gasteiger partial charge < -0.3 is 19.1 Å². The largest absolute Gasteiger partial charge is 0.375 e. The molecule has 7 heteroatoms. The van der Waals surface area contributed by atoms with E-state index in [4.69, 9.17) is 9.26 Å². The Kier molecular flexibility index (Phi) is 4.97. The molecule has 7 nitrogen and oxygen atoms in total. The fourth-order valence-corrected chi connectivity index (χ4v) is 4.52. The lowest BCUT2D eigenvalue weighted by Gasteiger charge is -2.30. The van der Waals surface area contributed by atoms with Crippen molar-refractivity contribution in [2.45, 2.75) is 20.0 Å². The second-order valence-electron chi connectivity index (χ2n) is 7.88. The molecule has 0 N–H and O–H groups in total. The maximum absolute atomic E-state index is 12.8. The smallest absolute Gasteiger partial charge is 0.259 e. The molecule has 0 aromatic carbocycles. The second-order valence-corrected chi connectivity index (χ2v) is 7.88. The molecule has 1 spiro atoms. The van der Waals surface area contributed by atoms with Crippen LogP contribution in [-0.4, -0.2) is 65.7 Å². The Morgan fingerprint density at radius 2 is 2.30 bits per heavy atom. The van der Waals surface area contributed by atoms with Crippen LogP contribution in [0.1, 0.15) is 28.2 Å². The third-order valence-electron chi connectivity index (χ3n) is 5.93. The minimum absolute atomic E-state index is 0.0216. The summed E-state index contributed by atoms with van der Waals surface area (Å²) in [6.45, 7) is 6.55. The third kappa shape index (κ3) is 3.61. The minimum atomic E-state index is 0.0216. The van der Waals surface area contributed by atoms with E-state index >= 15 is 0 Å². The summed E-state index contributed by atoms with van der Waals surface area (Å²) in [6.07, 6.45) is 4.25. The Morgan fingerprint density at radius 1 is 1.41 bits per heavy atom. The molecule has 2 atom stereocenters. The highest BCUT2D eigenvalue weighted by Gasteiger charge is 2.50. The third-order valence-corrected chi connectivity index (χ3v) is 5.93. The van der Waals surface area contributed by atoms with Crippen LogP contribution in [0, 0.1) is 18.3 Å². The van der Waals surface area contributed by atoms with Gasteiger partial charge in [-0.2, -0.15) is 0 Å². The predicted molar refractivity (Wildman–Crippen MR) is 99.1 cm³/mol. The Labute approximate surface area is 159 Å². The van der Waals surface area contributed by atoms with E-state index in [1.54, 1.807) is 13.1 Å². The Balaban J connectivity index is 1.40. The highest BCUT2D eigenvalue weighted by Crippen LogP contribution is 2.44. The topological polar surface area (TPSA) is 71.7 Å². The maximum atomic E-state index is 12.8. The average molecular weight is 370 g/mol. The predicted octanol–water partition coefficient (Wildman–Crippen LogP) is 1.99. The van der Waals surface area contributed by atoms with Gasteiger partial charge in [-0.3, -0.25) is 9.78 Å². The number of carbonyl (C=O) groups excluding carboxylic acids is 1. The zero-order valence-electron chi connectivity index (χ0n) is 15.9. The van der Waals surface area contributed by atoms with Crippen molar-refractivity contribution < 1.29 is 14.1 Å². The standard InChI is InChI=1S/C20H26N4O3/c1-15-18(12-27-22-15)19(25)24-8-6-20(14-24)13-23(2)9-16(20)10-26-11-17-5-3-4-7-21-17/h3-5,7,12,16H,6,8-11,13-14H2,1-2H3/t16-,20+/m0/s1. The first-order chi connectivity index (χ1) is 13.1. The van der Waals surface area contributed by atoms with Gasteiger partial charge >= 0.3 is 0 Å². The zero-order chi connectivity index (χ0) is 18.9. The van der Waals surface area contributed by atoms with Crippen molar-refractivity contribution in [3.8, 4) is 0 Å². The van der Waals surface area contributed by atoms with Crippen LogP contribution in [0.5, 0.6) is 0 Å². The normalized spacial score (nSPS) is 25.6. The van der Waals surface area contributed by atoms with E-state index in [-0.39, 0.29) is 11.3 Å². The van der Waals surface area contributed by atoms with Gasteiger partial charge in [0.05, 0.1) is 24.6 Å². The highest BCUT2D eigenvalue weighted by atomic mass is 16.5. The van der Waals surface area contributed by atoms with E-state index in [2.05, 4.69) is 22.1 Å². The molecule has 4 heterocycles. The first kappa shape index (κ1) is 18.1. The van der Waals surface area contributed by atoms with Crippen molar-refractivity contribution >= 4 is 5.91 Å². The monoisotopic (exact) mass is 370 g/mol. The van der Waals surface area contributed by atoms with Crippen LogP contribution >= 0.6 is 0 Å². The SMILES string of the molecule is Cc1nocc1C(=O)N1CC[C@@]2(CN(C)C[C@H]2COCc2ccccn2)C1. The van der Waals surface area contributed by atoms with Gasteiger partial charge in [-0.1, -0.05) is 11.2 Å². The van der Waals surface area contributed by atoms with Crippen molar-refractivity contribution in [3.63, 3.8) is 0 Å². The van der Waals surface area contributed by atoms with E-state index in [0.717, 1.165) is 38.3 Å². The Bertz CT molecular complexity index is 794. The number of rotatable bonds is 5. The van der Waals surface area contributed by atoms with Crippen molar-refractivity contribution in [2.75, 3.05) is 39.8 Å². The molecule has 4 rings (SSSR count). The molecule has 2 aromatic rings. The van der Waals surface area contributed by atoms with E-state index in [1.165, 1.54) is 6.26 Å². The van der Waals surface area contributed by atoms with E-state index in [0.29, 0.717) is 30.4 Å². The number of amides is 1. The van der Waals surface area contributed by atoms with Crippen molar-refractivity contribution in [3.05, 3.63) is 47.6 Å². The van der Waals surface area contributed by atoms with Crippen LogP contribution in [0.25, 0.3) is 0 Å². The molecule has 27 heavy (non-hydrogen) atoms. The van der Waals surface area contributed by atoms with E-state index in [9.17, 15) is 4.79 Å². The molecule has 0 aliphatic carbocycles. The molecular formula is C20H26N4O3. The molecule has 144 valence electrons. The summed E-state index contributed by atoms with van der Waals surface area (Å²) in [5.74, 6) is 0.431. The van der Waals surface area contributed by atoms with Gasteiger partial charge in [0.1, 0.15) is 11.8 Å². The summed E-state index contributed by atoms with van der Waals surface area (Å²) in [5.41, 5.74) is 2.27. The number of likely N-dealkylation sites (tertiary alicyclic amines) is 2. The van der Waals surface area contributed by atoms with Crippen molar-refractivity contribution in [1.82, 2.24) is 19.9 Å². The summed E-state index contributed by atoms with van der Waals surface area (Å²) in [6, 6.07) is 5.86. The van der Waals surface area contributed by atoms with Gasteiger partial charge in [-0.15, -0.1) is 0 Å². The molecule has 2 fully saturated rings. The lowest BCUT2D eigenvalue weighted by atomic mass is 9.77.